The minimum absolute atomic E-state index is 0.133. The average molecular weight is 456 g/mol. The Kier molecular flexibility index (Phi) is 6.47. The van der Waals surface area contributed by atoms with Crippen molar-refractivity contribution in [3.8, 4) is 16.9 Å². The molecule has 10 heteroatoms. The van der Waals surface area contributed by atoms with E-state index in [0.29, 0.717) is 33.6 Å². The highest BCUT2D eigenvalue weighted by Gasteiger charge is 2.31. The zero-order chi connectivity index (χ0) is 23.4. The van der Waals surface area contributed by atoms with Gasteiger partial charge in [0, 0.05) is 41.8 Å². The van der Waals surface area contributed by atoms with Crippen LogP contribution in [0, 0.1) is 0 Å². The first-order valence-corrected chi connectivity index (χ1v) is 10.0. The van der Waals surface area contributed by atoms with Crippen molar-refractivity contribution in [2.45, 2.75) is 19.1 Å². The van der Waals surface area contributed by atoms with Crippen LogP contribution in [0.15, 0.2) is 53.4 Å². The predicted molar refractivity (Wildman–Crippen MR) is 117 cm³/mol. The zero-order valence-corrected chi connectivity index (χ0v) is 18.0. The molecule has 2 aromatic heterocycles. The predicted octanol–water partition coefficient (Wildman–Crippen LogP) is 4.14. The van der Waals surface area contributed by atoms with Crippen LogP contribution in [0.1, 0.15) is 17.0 Å². The first kappa shape index (κ1) is 22.6. The number of nitrogens with one attached hydrogen (secondary N) is 1. The van der Waals surface area contributed by atoms with E-state index in [1.165, 1.54) is 32.6 Å². The van der Waals surface area contributed by atoms with Crippen LogP contribution >= 0.6 is 0 Å². The molecule has 0 radical (unpaired) electrons. The molecule has 0 saturated heterocycles. The maximum atomic E-state index is 14.2. The summed E-state index contributed by atoms with van der Waals surface area (Å²) in [4.78, 5) is 8.77. The van der Waals surface area contributed by atoms with Gasteiger partial charge in [0.15, 0.2) is 5.82 Å². The molecule has 0 fully saturated rings. The summed E-state index contributed by atoms with van der Waals surface area (Å²) in [5, 5.41) is 17.2. The first-order chi connectivity index (χ1) is 15.9. The van der Waals surface area contributed by atoms with Gasteiger partial charge >= 0.3 is 0 Å². The minimum Gasteiger partial charge on any atom is -0.496 e. The van der Waals surface area contributed by atoms with E-state index in [1.807, 2.05) is 6.07 Å². The van der Waals surface area contributed by atoms with E-state index in [9.17, 15) is 13.9 Å². The number of methoxy groups -OCH3 is 2. The Morgan fingerprint density at radius 1 is 1.15 bits per heavy atom. The first-order valence-electron chi connectivity index (χ1n) is 10.0. The topological polar surface area (TPSA) is 103 Å². The zero-order valence-electron chi connectivity index (χ0n) is 18.0. The van der Waals surface area contributed by atoms with Crippen molar-refractivity contribution >= 4 is 16.7 Å². The number of aliphatic hydroxyl groups is 1. The van der Waals surface area contributed by atoms with Crippen molar-refractivity contribution in [3.63, 3.8) is 0 Å². The second-order valence-electron chi connectivity index (χ2n) is 7.32. The molecule has 2 N–H and O–H groups in total. The molecule has 0 aliphatic heterocycles. The van der Waals surface area contributed by atoms with Gasteiger partial charge < -0.3 is 24.4 Å². The van der Waals surface area contributed by atoms with E-state index in [0.717, 1.165) is 5.56 Å². The molecule has 172 valence electrons. The number of nitrogens with zero attached hydrogens (tertiary/aromatic N) is 3. The minimum atomic E-state index is -3.10. The summed E-state index contributed by atoms with van der Waals surface area (Å²) < 4.78 is 43.6. The largest absolute Gasteiger partial charge is 0.496 e. The lowest BCUT2D eigenvalue weighted by Gasteiger charge is -2.17. The summed E-state index contributed by atoms with van der Waals surface area (Å²) in [7, 11) is 2.78. The molecule has 8 nitrogen and oxygen atoms in total. The molecule has 4 rings (SSSR count). The lowest BCUT2D eigenvalue weighted by Crippen LogP contribution is -2.20. The fourth-order valence-corrected chi connectivity index (χ4v) is 3.50. The summed E-state index contributed by atoms with van der Waals surface area (Å²) in [5.41, 5.74) is 2.48. The van der Waals surface area contributed by atoms with Gasteiger partial charge in [-0.2, -0.15) is 8.78 Å². The number of rotatable bonds is 9. The van der Waals surface area contributed by atoms with E-state index in [4.69, 9.17) is 9.26 Å². The number of halogens is 2. The molecular weight excluding hydrogens is 434 g/mol. The SMILES string of the molecule is COCC(F)(F)c1cccc(CNc2nc(CO)nc3cc(OC)c(-c4cnoc4)cc23)c1. The highest BCUT2D eigenvalue weighted by molar-refractivity contribution is 5.95. The number of alkyl halides is 2. The summed E-state index contributed by atoms with van der Waals surface area (Å²) in [6.07, 6.45) is 3.05. The van der Waals surface area contributed by atoms with Gasteiger partial charge in [-0.05, 0) is 17.7 Å². The molecule has 0 aliphatic carbocycles. The number of fused-ring (bicyclic) bond motifs is 1. The van der Waals surface area contributed by atoms with Crippen LogP contribution in [0.3, 0.4) is 0 Å². The highest BCUT2D eigenvalue weighted by Crippen LogP contribution is 2.36. The van der Waals surface area contributed by atoms with Crippen LogP contribution in [0.4, 0.5) is 14.6 Å². The van der Waals surface area contributed by atoms with E-state index in [1.54, 1.807) is 24.4 Å². The van der Waals surface area contributed by atoms with Crippen LogP contribution in [-0.2, 0) is 23.8 Å². The molecule has 33 heavy (non-hydrogen) atoms. The smallest absolute Gasteiger partial charge is 0.296 e. The van der Waals surface area contributed by atoms with Crippen molar-refractivity contribution in [2.24, 2.45) is 0 Å². The third kappa shape index (κ3) is 4.76. The Labute approximate surface area is 188 Å². The van der Waals surface area contributed by atoms with E-state index >= 15 is 0 Å². The van der Waals surface area contributed by atoms with E-state index in [2.05, 4.69) is 25.2 Å². The molecule has 2 aromatic carbocycles. The summed E-state index contributed by atoms with van der Waals surface area (Å²) >= 11 is 0. The van der Waals surface area contributed by atoms with Crippen molar-refractivity contribution < 1.29 is 27.9 Å². The Morgan fingerprint density at radius 2 is 2.00 bits per heavy atom. The van der Waals surface area contributed by atoms with Gasteiger partial charge in [0.05, 0.1) is 18.8 Å². The van der Waals surface area contributed by atoms with Crippen LogP contribution in [0.2, 0.25) is 0 Å². The van der Waals surface area contributed by atoms with Gasteiger partial charge in [-0.15, -0.1) is 0 Å². The molecule has 0 aliphatic rings. The van der Waals surface area contributed by atoms with Gasteiger partial charge in [0.2, 0.25) is 0 Å². The monoisotopic (exact) mass is 456 g/mol. The van der Waals surface area contributed by atoms with Crippen molar-refractivity contribution in [1.82, 2.24) is 15.1 Å². The molecule has 0 spiro atoms. The average Bonchev–Trinajstić information content (AvgIpc) is 3.36. The van der Waals surface area contributed by atoms with Crippen LogP contribution < -0.4 is 10.1 Å². The fraction of sp³-hybridized carbons (Fsp3) is 0.261. The van der Waals surface area contributed by atoms with Crippen LogP contribution in [-0.4, -0.2) is 41.1 Å². The van der Waals surface area contributed by atoms with E-state index in [-0.39, 0.29) is 24.5 Å². The number of aliphatic hydroxyl groups excluding tert-OH is 1. The summed E-state index contributed by atoms with van der Waals surface area (Å²) in [6, 6.07) is 9.66. The quantitative estimate of drug-likeness (QED) is 0.388. The number of ether oxygens (including phenoxy) is 2. The molecule has 4 aromatic rings. The Balaban J connectivity index is 1.71. The Bertz CT molecular complexity index is 1250. The maximum Gasteiger partial charge on any atom is 0.296 e. The second-order valence-corrected chi connectivity index (χ2v) is 7.32. The summed E-state index contributed by atoms with van der Waals surface area (Å²) in [5.74, 6) is -1.89. The molecule has 0 saturated carbocycles. The van der Waals surface area contributed by atoms with Crippen LogP contribution in [0.25, 0.3) is 22.0 Å². The Morgan fingerprint density at radius 3 is 2.70 bits per heavy atom. The van der Waals surface area contributed by atoms with Gasteiger partial charge in [-0.3, -0.25) is 0 Å². The standard InChI is InChI=1S/C23H22F2N4O4/c1-31-13-23(24,25)16-5-3-4-14(6-16)9-26-22-18-7-17(15-10-27-33-12-15)20(32-2)8-19(18)28-21(11-30)29-22/h3-8,10,12,30H,9,11,13H2,1-2H3,(H,26,28,29). The molecule has 0 amide bonds. The number of benzene rings is 2. The number of hydrogen-bond donors (Lipinski definition) is 2. The van der Waals surface area contributed by atoms with Crippen molar-refractivity contribution in [1.29, 1.82) is 0 Å². The van der Waals surface area contributed by atoms with Crippen LogP contribution in [0.5, 0.6) is 5.75 Å². The van der Waals surface area contributed by atoms with Gasteiger partial charge in [0.25, 0.3) is 5.92 Å². The lowest BCUT2D eigenvalue weighted by atomic mass is 10.0. The molecule has 0 bridgehead atoms. The highest BCUT2D eigenvalue weighted by atomic mass is 19.3. The normalized spacial score (nSPS) is 11.7. The van der Waals surface area contributed by atoms with Crippen molar-refractivity contribution in [3.05, 3.63) is 65.8 Å². The fourth-order valence-electron chi connectivity index (χ4n) is 3.50. The second kappa shape index (κ2) is 9.47. The number of aromatic nitrogens is 3. The van der Waals surface area contributed by atoms with Gasteiger partial charge in [-0.1, -0.05) is 23.4 Å². The lowest BCUT2D eigenvalue weighted by molar-refractivity contribution is -0.0698. The maximum absolute atomic E-state index is 14.2. The number of hydrogen-bond acceptors (Lipinski definition) is 8. The molecule has 0 atom stereocenters. The molecular formula is C23H22F2N4O4. The van der Waals surface area contributed by atoms with Crippen molar-refractivity contribution in [2.75, 3.05) is 26.1 Å². The molecule has 2 heterocycles. The third-order valence-electron chi connectivity index (χ3n) is 5.08. The number of anilines is 1. The van der Waals surface area contributed by atoms with E-state index < -0.39 is 12.5 Å². The Hall–Kier alpha value is -3.63. The van der Waals surface area contributed by atoms with Gasteiger partial charge in [0.1, 0.15) is 31.0 Å². The van der Waals surface area contributed by atoms with Gasteiger partial charge in [-0.25, -0.2) is 9.97 Å². The third-order valence-corrected chi connectivity index (χ3v) is 5.08. The summed E-state index contributed by atoms with van der Waals surface area (Å²) in [6.45, 7) is -0.838. The molecule has 0 unspecified atom stereocenters.